The molecule has 2 aromatic heterocycles. The Morgan fingerprint density at radius 3 is 2.60 bits per heavy atom. The Morgan fingerprint density at radius 1 is 1.29 bits per heavy atom. The lowest BCUT2D eigenvalue weighted by Gasteiger charge is -2.16. The van der Waals surface area contributed by atoms with Gasteiger partial charge in [0.05, 0.1) is 11.6 Å². The van der Waals surface area contributed by atoms with Crippen LogP contribution in [0.25, 0.3) is 5.82 Å². The number of pyridine rings is 1. The number of amides is 1. The first-order chi connectivity index (χ1) is 16.5. The number of ether oxygens (including phenoxy) is 1. The van der Waals surface area contributed by atoms with Crippen molar-refractivity contribution < 1.29 is 22.7 Å². The summed E-state index contributed by atoms with van der Waals surface area (Å²) < 4.78 is 43.9. The third kappa shape index (κ3) is 5.68. The van der Waals surface area contributed by atoms with Crippen LogP contribution in [-0.4, -0.2) is 46.1 Å². The first-order valence-electron chi connectivity index (χ1n) is 10.8. The highest BCUT2D eigenvalue weighted by Crippen LogP contribution is 2.42. The molecule has 9 nitrogen and oxygen atoms in total. The van der Waals surface area contributed by atoms with Gasteiger partial charge in [-0.3, -0.25) is 4.79 Å². The first-order valence-corrected chi connectivity index (χ1v) is 10.8. The fraction of sp³-hybridized carbons (Fsp3) is 0.348. The number of rotatable bonds is 7. The normalized spacial score (nSPS) is 14.2. The number of carbonyl (C=O) groups is 1. The second kappa shape index (κ2) is 9.25. The van der Waals surface area contributed by atoms with Crippen molar-refractivity contribution >= 4 is 11.9 Å². The van der Waals surface area contributed by atoms with Crippen molar-refractivity contribution in [3.8, 4) is 17.6 Å². The van der Waals surface area contributed by atoms with Crippen molar-refractivity contribution in [2.75, 3.05) is 19.0 Å². The molecule has 35 heavy (non-hydrogen) atoms. The van der Waals surface area contributed by atoms with Gasteiger partial charge < -0.3 is 15.0 Å². The van der Waals surface area contributed by atoms with Crippen molar-refractivity contribution in [3.63, 3.8) is 0 Å². The number of nitriles is 1. The van der Waals surface area contributed by atoms with Crippen LogP contribution in [0.3, 0.4) is 0 Å². The summed E-state index contributed by atoms with van der Waals surface area (Å²) >= 11 is 0. The van der Waals surface area contributed by atoms with E-state index in [2.05, 4.69) is 25.1 Å². The Morgan fingerprint density at radius 2 is 2.03 bits per heavy atom. The highest BCUT2D eigenvalue weighted by Gasteiger charge is 2.33. The van der Waals surface area contributed by atoms with Crippen molar-refractivity contribution in [3.05, 3.63) is 59.0 Å². The highest BCUT2D eigenvalue weighted by atomic mass is 19.4. The standard InChI is InChI=1S/C23H22F3N7O2/c1-13(20-30-22(32(2)3)31-33(20)19-7-4-14(11-27)12-28-19)29-21(34)17-8-16(15-5-6-15)9-18(10-17)35-23(24,25)26/h4,7-10,12-13,15H,5-6H2,1-3H3,(H,29,34). The molecule has 1 aliphatic carbocycles. The number of nitrogens with one attached hydrogen (secondary N) is 1. The Bertz CT molecular complexity index is 1280. The summed E-state index contributed by atoms with van der Waals surface area (Å²) in [5.41, 5.74) is 1.05. The van der Waals surface area contributed by atoms with Crippen molar-refractivity contribution in [2.24, 2.45) is 0 Å². The molecular formula is C23H22F3N7O2. The van der Waals surface area contributed by atoms with Gasteiger partial charge >= 0.3 is 6.36 Å². The predicted molar refractivity (Wildman–Crippen MR) is 119 cm³/mol. The SMILES string of the molecule is CC(NC(=O)c1cc(OC(F)(F)F)cc(C2CC2)c1)c1nc(N(C)C)nn1-c1ccc(C#N)cn1. The van der Waals surface area contributed by atoms with Gasteiger partial charge in [-0.1, -0.05) is 0 Å². The summed E-state index contributed by atoms with van der Waals surface area (Å²) in [6.45, 7) is 1.68. The third-order valence-corrected chi connectivity index (χ3v) is 5.32. The molecule has 2 heterocycles. The summed E-state index contributed by atoms with van der Waals surface area (Å²) in [5, 5.41) is 16.2. The lowest BCUT2D eigenvalue weighted by Crippen LogP contribution is -2.29. The van der Waals surface area contributed by atoms with Crippen LogP contribution < -0.4 is 15.0 Å². The van der Waals surface area contributed by atoms with Gasteiger partial charge in [0, 0.05) is 25.9 Å². The van der Waals surface area contributed by atoms with E-state index in [0.717, 1.165) is 18.9 Å². The van der Waals surface area contributed by atoms with Crippen molar-refractivity contribution in [2.45, 2.75) is 38.1 Å². The van der Waals surface area contributed by atoms with Gasteiger partial charge in [0.2, 0.25) is 5.95 Å². The van der Waals surface area contributed by atoms with Gasteiger partial charge in [0.15, 0.2) is 11.6 Å². The largest absolute Gasteiger partial charge is 0.573 e. The maximum atomic E-state index is 13.0. The van der Waals surface area contributed by atoms with Gasteiger partial charge in [-0.2, -0.15) is 14.9 Å². The van der Waals surface area contributed by atoms with E-state index in [4.69, 9.17) is 5.26 Å². The quantitative estimate of drug-likeness (QED) is 0.541. The highest BCUT2D eigenvalue weighted by molar-refractivity contribution is 5.95. The molecule has 0 bridgehead atoms. The molecule has 1 N–H and O–H groups in total. The Kier molecular flexibility index (Phi) is 6.34. The number of hydrogen-bond acceptors (Lipinski definition) is 7. The molecule has 4 rings (SSSR count). The molecule has 1 saturated carbocycles. The maximum absolute atomic E-state index is 13.0. The van der Waals surface area contributed by atoms with Crippen LogP contribution in [0.1, 0.15) is 59.0 Å². The van der Waals surface area contributed by atoms with E-state index in [1.807, 2.05) is 6.07 Å². The molecule has 1 fully saturated rings. The van der Waals surface area contributed by atoms with Crippen LogP contribution >= 0.6 is 0 Å². The molecular weight excluding hydrogens is 463 g/mol. The van der Waals surface area contributed by atoms with Crippen LogP contribution in [-0.2, 0) is 0 Å². The molecule has 12 heteroatoms. The predicted octanol–water partition coefficient (Wildman–Crippen LogP) is 3.87. The zero-order valence-corrected chi connectivity index (χ0v) is 19.2. The van der Waals surface area contributed by atoms with E-state index < -0.39 is 24.1 Å². The minimum atomic E-state index is -4.86. The minimum Gasteiger partial charge on any atom is -0.406 e. The minimum absolute atomic E-state index is 0.0518. The number of hydrogen-bond donors (Lipinski definition) is 1. The number of halogens is 3. The topological polar surface area (TPSA) is 109 Å². The van der Waals surface area contributed by atoms with Gasteiger partial charge in [-0.25, -0.2) is 4.98 Å². The molecule has 0 aliphatic heterocycles. The van der Waals surface area contributed by atoms with E-state index in [0.29, 0.717) is 28.7 Å². The van der Waals surface area contributed by atoms with E-state index >= 15 is 0 Å². The molecule has 1 amide bonds. The number of carbonyl (C=O) groups excluding carboxylic acids is 1. The molecule has 3 aromatic rings. The van der Waals surface area contributed by atoms with Gasteiger partial charge in [0.1, 0.15) is 11.8 Å². The zero-order valence-electron chi connectivity index (χ0n) is 19.2. The molecule has 0 saturated heterocycles. The molecule has 1 atom stereocenters. The molecule has 1 aliphatic rings. The zero-order chi connectivity index (χ0) is 25.3. The second-order valence-corrected chi connectivity index (χ2v) is 8.40. The van der Waals surface area contributed by atoms with E-state index in [-0.39, 0.29) is 11.5 Å². The number of alkyl halides is 3. The monoisotopic (exact) mass is 485 g/mol. The number of anilines is 1. The molecule has 0 spiro atoms. The van der Waals surface area contributed by atoms with Crippen molar-refractivity contribution in [1.82, 2.24) is 25.1 Å². The van der Waals surface area contributed by atoms with Crippen molar-refractivity contribution in [1.29, 1.82) is 5.26 Å². The van der Waals surface area contributed by atoms with E-state index in [1.165, 1.54) is 16.9 Å². The fourth-order valence-electron chi connectivity index (χ4n) is 3.47. The average molecular weight is 485 g/mol. The Hall–Kier alpha value is -4.14. The van der Waals surface area contributed by atoms with Crippen LogP contribution in [0, 0.1) is 11.3 Å². The average Bonchev–Trinajstić information content (AvgIpc) is 3.55. The van der Waals surface area contributed by atoms with Crippen LogP contribution in [0.15, 0.2) is 36.5 Å². The van der Waals surface area contributed by atoms with Gasteiger partial charge in [0.25, 0.3) is 5.91 Å². The van der Waals surface area contributed by atoms with E-state index in [1.54, 1.807) is 44.1 Å². The Labute approximate surface area is 199 Å². The summed E-state index contributed by atoms with van der Waals surface area (Å²) in [4.78, 5) is 23.4. The lowest BCUT2D eigenvalue weighted by atomic mass is 10.1. The van der Waals surface area contributed by atoms with Crippen LogP contribution in [0.2, 0.25) is 0 Å². The summed E-state index contributed by atoms with van der Waals surface area (Å²) in [5.74, 6) is 0.204. The summed E-state index contributed by atoms with van der Waals surface area (Å²) in [7, 11) is 3.51. The summed E-state index contributed by atoms with van der Waals surface area (Å²) in [6.07, 6.45) is -1.77. The lowest BCUT2D eigenvalue weighted by molar-refractivity contribution is -0.274. The molecule has 1 unspecified atom stereocenters. The molecule has 182 valence electrons. The number of aromatic nitrogens is 4. The van der Waals surface area contributed by atoms with Gasteiger partial charge in [-0.15, -0.1) is 18.3 Å². The summed E-state index contributed by atoms with van der Waals surface area (Å²) in [6, 6.07) is 8.47. The maximum Gasteiger partial charge on any atom is 0.573 e. The van der Waals surface area contributed by atoms with E-state index in [9.17, 15) is 18.0 Å². The fourth-order valence-corrected chi connectivity index (χ4v) is 3.47. The van der Waals surface area contributed by atoms with Crippen LogP contribution in [0.4, 0.5) is 19.1 Å². The molecule has 1 aromatic carbocycles. The number of benzene rings is 1. The van der Waals surface area contributed by atoms with Crippen LogP contribution in [0.5, 0.6) is 5.75 Å². The first kappa shape index (κ1) is 24.0. The smallest absolute Gasteiger partial charge is 0.406 e. The van der Waals surface area contributed by atoms with Gasteiger partial charge in [-0.05, 0) is 61.6 Å². The second-order valence-electron chi connectivity index (χ2n) is 8.40. The Balaban J connectivity index is 1.62. The number of nitrogens with zero attached hydrogens (tertiary/aromatic N) is 6. The molecule has 0 radical (unpaired) electrons. The third-order valence-electron chi connectivity index (χ3n) is 5.32.